The van der Waals surface area contributed by atoms with Gasteiger partial charge in [-0.25, -0.2) is 9.00 Å². The Labute approximate surface area is 58.1 Å². The summed E-state index contributed by atoms with van der Waals surface area (Å²) in [5.41, 5.74) is 4.47. The maximum Gasteiger partial charge on any atom is 0.362 e. The lowest BCUT2D eigenvalue weighted by Gasteiger charge is -2.08. The van der Waals surface area contributed by atoms with Crippen LogP contribution < -0.4 is 5.73 Å². The molecule has 1 atom stereocenters. The van der Waals surface area contributed by atoms with Gasteiger partial charge in [0.1, 0.15) is 0 Å². The van der Waals surface area contributed by atoms with E-state index in [1.807, 2.05) is 0 Å². The van der Waals surface area contributed by atoms with Crippen LogP contribution in [0.4, 0.5) is 4.79 Å². The molecule has 0 aliphatic carbocycles. The zero-order chi connectivity index (χ0) is 8.15. The monoisotopic (exact) mass is 168 g/mol. The van der Waals surface area contributed by atoms with Crippen molar-refractivity contribution in [2.75, 3.05) is 0 Å². The topological polar surface area (TPSA) is 110 Å². The van der Waals surface area contributed by atoms with Crippen LogP contribution in [0.1, 0.15) is 0 Å². The minimum absolute atomic E-state index is 0.188. The van der Waals surface area contributed by atoms with Crippen LogP contribution in [0, 0.1) is 0 Å². The molecule has 0 aliphatic rings. The fourth-order valence-corrected chi connectivity index (χ4v) is 0.468. The molecule has 58 valence electrons. The summed E-state index contributed by atoms with van der Waals surface area (Å²) in [5.74, 6) is 0. The number of hydroxylamine groups is 1. The van der Waals surface area contributed by atoms with E-state index in [4.69, 9.17) is 4.55 Å². The first-order valence-electron chi connectivity index (χ1n) is 1.90. The molecule has 3 N–H and O–H groups in total. The van der Waals surface area contributed by atoms with E-state index < -0.39 is 17.3 Å². The Hall–Kier alpha value is -1.15. The zero-order valence-corrected chi connectivity index (χ0v) is 5.41. The molecule has 0 aliphatic heterocycles. The van der Waals surface area contributed by atoms with Gasteiger partial charge in [0.15, 0.2) is 0 Å². The van der Waals surface area contributed by atoms with Crippen LogP contribution in [0.15, 0.2) is 0 Å². The van der Waals surface area contributed by atoms with Crippen LogP contribution in [0.3, 0.4) is 0 Å². The Morgan fingerprint density at radius 1 is 1.80 bits per heavy atom. The molecule has 0 saturated heterocycles. The molecule has 0 aromatic rings. The standard InChI is InChI=1S/C2H4N2O5S/c3-2(6)4(9-1-5)10(7)8/h1H,(H2,3,6)(H,7,8). The Bertz CT molecular complexity index is 155. The van der Waals surface area contributed by atoms with Gasteiger partial charge in [-0.05, 0) is 4.47 Å². The first kappa shape index (κ1) is 8.85. The summed E-state index contributed by atoms with van der Waals surface area (Å²) >= 11 is -2.73. The molecule has 7 nitrogen and oxygen atoms in total. The highest BCUT2D eigenvalue weighted by Gasteiger charge is 2.16. The van der Waals surface area contributed by atoms with Crippen molar-refractivity contribution in [2.24, 2.45) is 5.73 Å². The third-order valence-corrected chi connectivity index (χ3v) is 1.01. The van der Waals surface area contributed by atoms with Crippen LogP contribution in [-0.4, -0.2) is 25.7 Å². The van der Waals surface area contributed by atoms with Crippen molar-refractivity contribution in [3.05, 3.63) is 0 Å². The third kappa shape index (κ3) is 2.42. The summed E-state index contributed by atoms with van der Waals surface area (Å²) in [5, 5.41) is 0. The average Bonchev–Trinajstić information content (AvgIpc) is 1.81. The Balaban J connectivity index is 4.11. The van der Waals surface area contributed by atoms with E-state index in [0.29, 0.717) is 0 Å². The summed E-state index contributed by atoms with van der Waals surface area (Å²) < 4.78 is 17.9. The lowest BCUT2D eigenvalue weighted by atomic mass is 11.2. The molecule has 0 aromatic carbocycles. The first-order valence-corrected chi connectivity index (χ1v) is 2.97. The molecule has 2 amide bonds. The fourth-order valence-electron chi connectivity index (χ4n) is 0.205. The van der Waals surface area contributed by atoms with Crippen molar-refractivity contribution in [1.29, 1.82) is 0 Å². The van der Waals surface area contributed by atoms with Gasteiger partial charge in [-0.2, -0.15) is 0 Å². The molecule has 8 heteroatoms. The smallest absolute Gasteiger partial charge is 0.348 e. The second kappa shape index (κ2) is 3.80. The fraction of sp³-hybridized carbons (Fsp3) is 0. The number of primary amides is 1. The number of amides is 2. The van der Waals surface area contributed by atoms with Gasteiger partial charge >= 0.3 is 23.8 Å². The van der Waals surface area contributed by atoms with Crippen LogP contribution in [0.5, 0.6) is 0 Å². The van der Waals surface area contributed by atoms with Crippen LogP contribution in [0.2, 0.25) is 0 Å². The molecule has 0 rings (SSSR count). The van der Waals surface area contributed by atoms with E-state index in [9.17, 15) is 13.8 Å². The van der Waals surface area contributed by atoms with Gasteiger partial charge in [-0.1, -0.05) is 0 Å². The summed E-state index contributed by atoms with van der Waals surface area (Å²) in [6.07, 6.45) is 0. The molecule has 0 bridgehead atoms. The van der Waals surface area contributed by atoms with Gasteiger partial charge in [0.05, 0.1) is 0 Å². The number of urea groups is 1. The highest BCUT2D eigenvalue weighted by atomic mass is 32.2. The van der Waals surface area contributed by atoms with Crippen molar-refractivity contribution in [3.8, 4) is 0 Å². The van der Waals surface area contributed by atoms with E-state index in [0.717, 1.165) is 0 Å². The van der Waals surface area contributed by atoms with Crippen molar-refractivity contribution in [1.82, 2.24) is 4.47 Å². The summed E-state index contributed by atoms with van der Waals surface area (Å²) in [6, 6.07) is -1.33. The van der Waals surface area contributed by atoms with Gasteiger partial charge in [-0.15, -0.1) is 0 Å². The molecule has 10 heavy (non-hydrogen) atoms. The number of nitrogens with zero attached hydrogens (tertiary/aromatic N) is 1. The van der Waals surface area contributed by atoms with E-state index in [1.54, 1.807) is 0 Å². The predicted octanol–water partition coefficient (Wildman–Crippen LogP) is -1.41. The van der Waals surface area contributed by atoms with E-state index in [2.05, 4.69) is 10.6 Å². The lowest BCUT2D eigenvalue weighted by molar-refractivity contribution is -0.145. The first-order chi connectivity index (χ1) is 4.59. The number of rotatable bonds is 3. The highest BCUT2D eigenvalue weighted by molar-refractivity contribution is 7.77. The molecule has 0 fully saturated rings. The normalized spacial score (nSPS) is 11.7. The molecule has 0 radical (unpaired) electrons. The number of carbonyl (C=O) groups excluding carboxylic acids is 2. The Morgan fingerprint density at radius 2 is 2.30 bits per heavy atom. The van der Waals surface area contributed by atoms with Gasteiger partial charge in [0, 0.05) is 0 Å². The molecular weight excluding hydrogens is 164 g/mol. The van der Waals surface area contributed by atoms with Crippen molar-refractivity contribution in [3.63, 3.8) is 0 Å². The quantitative estimate of drug-likeness (QED) is 0.305. The van der Waals surface area contributed by atoms with E-state index >= 15 is 0 Å². The maximum atomic E-state index is 10.0. The minimum Gasteiger partial charge on any atom is -0.348 e. The van der Waals surface area contributed by atoms with Crippen molar-refractivity contribution in [2.45, 2.75) is 0 Å². The number of nitrogens with two attached hydrogens (primary N) is 1. The van der Waals surface area contributed by atoms with Crippen molar-refractivity contribution >= 4 is 23.8 Å². The van der Waals surface area contributed by atoms with Crippen LogP contribution >= 0.6 is 0 Å². The zero-order valence-electron chi connectivity index (χ0n) is 4.59. The van der Waals surface area contributed by atoms with Crippen LogP contribution in [-0.2, 0) is 20.9 Å². The molecule has 0 heterocycles. The second-order valence-corrected chi connectivity index (χ2v) is 1.82. The SMILES string of the molecule is NC(=O)N(OC=O)S(=O)O. The van der Waals surface area contributed by atoms with Gasteiger partial charge in [0.25, 0.3) is 0 Å². The average molecular weight is 168 g/mol. The van der Waals surface area contributed by atoms with Gasteiger partial charge < -0.3 is 10.6 Å². The van der Waals surface area contributed by atoms with Crippen LogP contribution in [0.25, 0.3) is 0 Å². The Kier molecular flexibility index (Phi) is 3.36. The molecule has 0 aromatic heterocycles. The third-order valence-electron chi connectivity index (χ3n) is 0.461. The predicted molar refractivity (Wildman–Crippen MR) is 29.3 cm³/mol. The molecule has 1 unspecified atom stereocenters. The molecule has 0 spiro atoms. The van der Waals surface area contributed by atoms with E-state index in [1.165, 1.54) is 0 Å². The minimum atomic E-state index is -2.73. The summed E-state index contributed by atoms with van der Waals surface area (Å²) in [6.45, 7) is -0.196. The lowest BCUT2D eigenvalue weighted by Crippen LogP contribution is -2.36. The highest BCUT2D eigenvalue weighted by Crippen LogP contribution is 1.89. The Morgan fingerprint density at radius 3 is 2.40 bits per heavy atom. The van der Waals surface area contributed by atoms with E-state index in [-0.39, 0.29) is 10.9 Å². The summed E-state index contributed by atoms with van der Waals surface area (Å²) in [4.78, 5) is 23.2. The van der Waals surface area contributed by atoms with Gasteiger partial charge in [-0.3, -0.25) is 9.35 Å². The number of hydrogen-bond donors (Lipinski definition) is 2. The second-order valence-electron chi connectivity index (χ2n) is 1.03. The number of hydrogen-bond acceptors (Lipinski definition) is 4. The van der Waals surface area contributed by atoms with Crippen molar-refractivity contribution < 1.29 is 23.2 Å². The number of carbonyl (C=O) groups is 2. The largest absolute Gasteiger partial charge is 0.362 e. The summed E-state index contributed by atoms with van der Waals surface area (Å²) in [7, 11) is 0. The molecule has 0 saturated carbocycles. The van der Waals surface area contributed by atoms with Gasteiger partial charge in [0.2, 0.25) is 0 Å². The maximum absolute atomic E-state index is 10.0. The molecular formula is C2H4N2O5S.